The van der Waals surface area contributed by atoms with Crippen LogP contribution < -0.4 is 5.73 Å². The van der Waals surface area contributed by atoms with Crippen LogP contribution in [0.15, 0.2) is 17.0 Å². The van der Waals surface area contributed by atoms with Gasteiger partial charge in [0.2, 0.25) is 5.91 Å². The molecule has 0 bridgehead atoms. The Morgan fingerprint density at radius 2 is 1.94 bits per heavy atom. The zero-order valence-electron chi connectivity index (χ0n) is 20.8. The van der Waals surface area contributed by atoms with Crippen LogP contribution in [-0.2, 0) is 22.6 Å². The lowest BCUT2D eigenvalue weighted by molar-refractivity contribution is -0.132. The van der Waals surface area contributed by atoms with E-state index in [2.05, 4.69) is 20.3 Å². The predicted molar refractivity (Wildman–Crippen MR) is 128 cm³/mol. The molecular weight excluding hydrogens is 452 g/mol. The molecule has 1 aliphatic rings. The number of carbonyl (C=O) groups excluding carboxylic acids is 2. The van der Waals surface area contributed by atoms with Crippen molar-refractivity contribution < 1.29 is 19.0 Å². The number of hydrogen-bond donors (Lipinski definition) is 1. The van der Waals surface area contributed by atoms with Gasteiger partial charge in [-0.25, -0.2) is 14.4 Å². The Balaban J connectivity index is 1.57. The van der Waals surface area contributed by atoms with Crippen molar-refractivity contribution >= 4 is 28.9 Å². The van der Waals surface area contributed by atoms with Crippen molar-refractivity contribution in [2.45, 2.75) is 72.2 Å². The molecule has 0 radical (unpaired) electrons. The average molecular weight is 485 g/mol. The third kappa shape index (κ3) is 5.05. The Hall–Kier alpha value is -3.70. The lowest BCUT2D eigenvalue weighted by atomic mass is 10.0. The monoisotopic (exact) mass is 484 g/mol. The lowest BCUT2D eigenvalue weighted by Gasteiger charge is -2.38. The van der Waals surface area contributed by atoms with Gasteiger partial charge in [-0.15, -0.1) is 0 Å². The van der Waals surface area contributed by atoms with Crippen LogP contribution in [-0.4, -0.2) is 71.4 Å². The largest absolute Gasteiger partial charge is 0.444 e. The molecule has 0 atom stereocenters. The number of anilines is 1. The number of aromatic nitrogens is 5. The minimum atomic E-state index is -0.543. The van der Waals surface area contributed by atoms with E-state index in [9.17, 15) is 9.59 Å². The van der Waals surface area contributed by atoms with Gasteiger partial charge in [-0.2, -0.15) is 0 Å². The van der Waals surface area contributed by atoms with E-state index in [4.69, 9.17) is 15.1 Å². The van der Waals surface area contributed by atoms with Gasteiger partial charge in [0.1, 0.15) is 11.1 Å². The topological polar surface area (TPSA) is 146 Å². The molecule has 3 aromatic rings. The fourth-order valence-electron chi connectivity index (χ4n) is 4.48. The number of amides is 2. The molecule has 12 nitrogen and oxygen atoms in total. The van der Waals surface area contributed by atoms with E-state index in [1.165, 1.54) is 0 Å². The molecule has 2 N–H and O–H groups in total. The second-order valence-corrected chi connectivity index (χ2v) is 9.69. The molecule has 188 valence electrons. The number of nitrogens with zero attached hydrogens (tertiary/aromatic N) is 7. The van der Waals surface area contributed by atoms with Gasteiger partial charge in [-0.1, -0.05) is 0 Å². The van der Waals surface area contributed by atoms with Crippen molar-refractivity contribution in [2.24, 2.45) is 0 Å². The van der Waals surface area contributed by atoms with Gasteiger partial charge in [0, 0.05) is 50.9 Å². The van der Waals surface area contributed by atoms with E-state index in [0.29, 0.717) is 56.1 Å². The second-order valence-electron chi connectivity index (χ2n) is 9.69. The Kier molecular flexibility index (Phi) is 6.64. The van der Waals surface area contributed by atoms with Crippen LogP contribution in [0.3, 0.4) is 0 Å². The summed E-state index contributed by atoms with van der Waals surface area (Å²) >= 11 is 0. The normalized spacial score (nSPS) is 14.9. The first-order chi connectivity index (χ1) is 16.6. The molecule has 2 amide bonds. The van der Waals surface area contributed by atoms with E-state index in [-0.39, 0.29) is 23.9 Å². The number of pyridine rings is 1. The summed E-state index contributed by atoms with van der Waals surface area (Å²) in [6.07, 6.45) is 4.45. The fraction of sp³-hybridized carbons (Fsp3) is 0.565. The maximum Gasteiger partial charge on any atom is 0.410 e. The zero-order chi connectivity index (χ0) is 25.3. The summed E-state index contributed by atoms with van der Waals surface area (Å²) in [6.45, 7) is 11.1. The number of likely N-dealkylation sites (tertiary alicyclic amines) is 1. The van der Waals surface area contributed by atoms with E-state index >= 15 is 0 Å². The molecule has 0 unspecified atom stereocenters. The van der Waals surface area contributed by atoms with E-state index in [0.717, 1.165) is 11.1 Å². The number of imidazole rings is 1. The van der Waals surface area contributed by atoms with Gasteiger partial charge in [-0.3, -0.25) is 9.78 Å². The molecule has 0 saturated carbocycles. The van der Waals surface area contributed by atoms with Crippen LogP contribution in [0.25, 0.3) is 22.6 Å². The van der Waals surface area contributed by atoms with Crippen molar-refractivity contribution in [2.75, 3.05) is 18.8 Å². The summed E-state index contributed by atoms with van der Waals surface area (Å²) in [4.78, 5) is 37.7. The molecule has 0 aliphatic carbocycles. The molecule has 0 spiro atoms. The Bertz CT molecular complexity index is 1220. The highest BCUT2D eigenvalue weighted by Crippen LogP contribution is 2.29. The molecule has 35 heavy (non-hydrogen) atoms. The summed E-state index contributed by atoms with van der Waals surface area (Å²) in [6, 6.07) is -0.00528. The molecule has 1 saturated heterocycles. The van der Waals surface area contributed by atoms with Crippen molar-refractivity contribution in [3.05, 3.63) is 18.0 Å². The van der Waals surface area contributed by atoms with Crippen LogP contribution in [0.1, 0.15) is 53.0 Å². The van der Waals surface area contributed by atoms with Crippen LogP contribution in [0.2, 0.25) is 0 Å². The maximum atomic E-state index is 12.7. The molecule has 1 fully saturated rings. The van der Waals surface area contributed by atoms with Gasteiger partial charge in [0.15, 0.2) is 17.3 Å². The highest BCUT2D eigenvalue weighted by Gasteiger charge is 2.31. The standard InChI is InChI=1S/C23H32N8O4/c1-6-30-19-15(11-25-12-17(19)26-21(30)18-20(24)28-35-27-18)13-31(14(2)32)16-7-9-29(10-8-16)22(33)34-23(3,4)5/h11-12,16H,6-10,13H2,1-5H3,(H2,24,28). The average Bonchev–Trinajstić information content (AvgIpc) is 3.39. The first-order valence-electron chi connectivity index (χ1n) is 11.8. The summed E-state index contributed by atoms with van der Waals surface area (Å²) in [7, 11) is 0. The number of nitrogen functional groups attached to an aromatic ring is 1. The molecule has 0 aromatic carbocycles. The number of aryl methyl sites for hydroxylation is 1. The summed E-state index contributed by atoms with van der Waals surface area (Å²) in [5.74, 6) is 0.660. The first-order valence-corrected chi connectivity index (χ1v) is 11.8. The third-order valence-electron chi connectivity index (χ3n) is 6.07. The Labute approximate surface area is 203 Å². The van der Waals surface area contributed by atoms with Crippen molar-refractivity contribution in [3.8, 4) is 11.5 Å². The van der Waals surface area contributed by atoms with Crippen LogP contribution >= 0.6 is 0 Å². The number of nitrogens with two attached hydrogens (primary N) is 1. The second kappa shape index (κ2) is 9.51. The van der Waals surface area contributed by atoms with Crippen LogP contribution in [0.4, 0.5) is 10.6 Å². The fourth-order valence-corrected chi connectivity index (χ4v) is 4.48. The summed E-state index contributed by atoms with van der Waals surface area (Å²) in [5.41, 5.74) is 8.13. The zero-order valence-corrected chi connectivity index (χ0v) is 20.8. The van der Waals surface area contributed by atoms with Crippen LogP contribution in [0, 0.1) is 0 Å². The molecule has 1 aliphatic heterocycles. The Morgan fingerprint density at radius 3 is 2.51 bits per heavy atom. The van der Waals surface area contributed by atoms with E-state index in [1.807, 2.05) is 37.2 Å². The number of ether oxygens (including phenoxy) is 1. The first kappa shape index (κ1) is 24.4. The number of hydrogen-bond acceptors (Lipinski definition) is 9. The van der Waals surface area contributed by atoms with Crippen molar-refractivity contribution in [1.82, 2.24) is 34.6 Å². The van der Waals surface area contributed by atoms with Crippen molar-refractivity contribution in [3.63, 3.8) is 0 Å². The molecule has 4 rings (SSSR count). The summed E-state index contributed by atoms with van der Waals surface area (Å²) in [5, 5.41) is 7.57. The number of fused-ring (bicyclic) bond motifs is 1. The quantitative estimate of drug-likeness (QED) is 0.577. The molecular formula is C23H32N8O4. The van der Waals surface area contributed by atoms with Crippen molar-refractivity contribution in [1.29, 1.82) is 0 Å². The number of carbonyl (C=O) groups is 2. The molecule has 3 aromatic heterocycles. The highest BCUT2D eigenvalue weighted by atomic mass is 16.6. The van der Waals surface area contributed by atoms with Gasteiger partial charge < -0.3 is 24.8 Å². The Morgan fingerprint density at radius 1 is 1.23 bits per heavy atom. The van der Waals surface area contributed by atoms with Gasteiger partial charge in [0.05, 0.1) is 11.7 Å². The number of piperidine rings is 1. The predicted octanol–water partition coefficient (Wildman–Crippen LogP) is 2.83. The van der Waals surface area contributed by atoms with Crippen LogP contribution in [0.5, 0.6) is 0 Å². The molecule has 12 heteroatoms. The lowest BCUT2D eigenvalue weighted by Crippen LogP contribution is -2.49. The number of rotatable bonds is 5. The minimum absolute atomic E-state index is 0.00528. The van der Waals surface area contributed by atoms with Gasteiger partial charge in [0.25, 0.3) is 0 Å². The van der Waals surface area contributed by atoms with Gasteiger partial charge in [-0.05, 0) is 50.8 Å². The third-order valence-corrected chi connectivity index (χ3v) is 6.07. The summed E-state index contributed by atoms with van der Waals surface area (Å²) < 4.78 is 12.2. The maximum absolute atomic E-state index is 12.7. The molecule has 4 heterocycles. The minimum Gasteiger partial charge on any atom is -0.444 e. The smallest absolute Gasteiger partial charge is 0.410 e. The SMILES string of the molecule is CCn1c(-c2nonc2N)nc2cncc(CN(C(C)=O)C3CCN(C(=O)OC(C)(C)C)CC3)c21. The van der Waals surface area contributed by atoms with E-state index < -0.39 is 5.60 Å². The van der Waals surface area contributed by atoms with E-state index in [1.54, 1.807) is 24.2 Å². The highest BCUT2D eigenvalue weighted by molar-refractivity contribution is 5.84. The van der Waals surface area contributed by atoms with Gasteiger partial charge >= 0.3 is 6.09 Å².